The van der Waals surface area contributed by atoms with Crippen LogP contribution in [0.25, 0.3) is 0 Å². The van der Waals surface area contributed by atoms with Crippen LogP contribution in [0.15, 0.2) is 18.5 Å². The van der Waals surface area contributed by atoms with Crippen LogP contribution in [0.3, 0.4) is 0 Å². The molecule has 2 nitrogen and oxygen atoms in total. The molecule has 0 aliphatic carbocycles. The quantitative estimate of drug-likeness (QED) is 0.889. The summed E-state index contributed by atoms with van der Waals surface area (Å²) in [6.07, 6.45) is 4.53. The minimum Gasteiger partial charge on any atom is -0.312 e. The Hall–Kier alpha value is -0.600. The summed E-state index contributed by atoms with van der Waals surface area (Å²) in [4.78, 5) is 4.05. The molecule has 19 heavy (non-hydrogen) atoms. The number of hydrogen-bond donors (Lipinski definition) is 1. The normalized spacial score (nSPS) is 14.5. The number of aromatic nitrogens is 1. The third kappa shape index (κ3) is 5.92. The monoisotopic (exact) mass is 282 g/mol. The van der Waals surface area contributed by atoms with Crippen LogP contribution in [0.5, 0.6) is 0 Å². The van der Waals surface area contributed by atoms with E-state index in [1.807, 2.05) is 12.3 Å². The largest absolute Gasteiger partial charge is 0.312 e. The number of rotatable bonds is 4. The molecule has 3 heteroatoms. The van der Waals surface area contributed by atoms with E-state index in [9.17, 15) is 0 Å². The second-order valence-corrected chi connectivity index (χ2v) is 7.77. The summed E-state index contributed by atoms with van der Waals surface area (Å²) in [6, 6.07) is 2.03. The SMILES string of the molecule is CC(C)(C)NCC(Cc1ccncc1Cl)C(C)(C)C. The maximum Gasteiger partial charge on any atom is 0.0621 e. The van der Waals surface area contributed by atoms with E-state index in [0.29, 0.717) is 5.92 Å². The summed E-state index contributed by atoms with van der Waals surface area (Å²) in [7, 11) is 0. The second kappa shape index (κ2) is 6.23. The fourth-order valence-electron chi connectivity index (χ4n) is 1.95. The zero-order chi connectivity index (χ0) is 14.7. The Morgan fingerprint density at radius 2 is 1.84 bits per heavy atom. The van der Waals surface area contributed by atoms with Crippen molar-refractivity contribution in [2.24, 2.45) is 11.3 Å². The highest BCUT2D eigenvalue weighted by atomic mass is 35.5. The van der Waals surface area contributed by atoms with Gasteiger partial charge in [-0.3, -0.25) is 4.98 Å². The van der Waals surface area contributed by atoms with Gasteiger partial charge in [0.05, 0.1) is 5.02 Å². The van der Waals surface area contributed by atoms with Crippen LogP contribution in [-0.2, 0) is 6.42 Å². The third-order valence-electron chi connectivity index (χ3n) is 3.43. The molecule has 0 saturated carbocycles. The van der Waals surface area contributed by atoms with Crippen molar-refractivity contribution in [2.45, 2.75) is 53.5 Å². The average molecular weight is 283 g/mol. The summed E-state index contributed by atoms with van der Waals surface area (Å²) >= 11 is 6.23. The minimum absolute atomic E-state index is 0.144. The summed E-state index contributed by atoms with van der Waals surface area (Å²) in [5.74, 6) is 0.534. The van der Waals surface area contributed by atoms with E-state index in [1.54, 1.807) is 6.20 Å². The van der Waals surface area contributed by atoms with Crippen molar-refractivity contribution in [3.63, 3.8) is 0 Å². The molecular formula is C16H27ClN2. The number of pyridine rings is 1. The number of halogens is 1. The molecule has 1 atom stereocenters. The molecule has 0 bridgehead atoms. The summed E-state index contributed by atoms with van der Waals surface area (Å²) in [5.41, 5.74) is 1.57. The van der Waals surface area contributed by atoms with Gasteiger partial charge in [0.25, 0.3) is 0 Å². The van der Waals surface area contributed by atoms with Gasteiger partial charge in [-0.2, -0.15) is 0 Å². The smallest absolute Gasteiger partial charge is 0.0621 e. The first kappa shape index (κ1) is 16.5. The standard InChI is InChI=1S/C16H27ClN2/c1-15(2,3)13(10-19-16(4,5)6)9-12-7-8-18-11-14(12)17/h7-8,11,13,19H,9-10H2,1-6H3. The molecule has 0 aromatic carbocycles. The lowest BCUT2D eigenvalue weighted by molar-refractivity contribution is 0.214. The molecule has 108 valence electrons. The van der Waals surface area contributed by atoms with Crippen LogP contribution in [0.2, 0.25) is 5.02 Å². The number of nitrogens with zero attached hydrogens (tertiary/aromatic N) is 1. The second-order valence-electron chi connectivity index (χ2n) is 7.37. The molecule has 0 aliphatic rings. The van der Waals surface area contributed by atoms with Gasteiger partial charge in [-0.1, -0.05) is 32.4 Å². The minimum atomic E-state index is 0.144. The Labute approximate surface area is 123 Å². The van der Waals surface area contributed by atoms with Gasteiger partial charge >= 0.3 is 0 Å². The fraction of sp³-hybridized carbons (Fsp3) is 0.688. The lowest BCUT2D eigenvalue weighted by atomic mass is 9.77. The molecule has 0 saturated heterocycles. The van der Waals surface area contributed by atoms with Crippen molar-refractivity contribution in [3.8, 4) is 0 Å². The number of nitrogens with one attached hydrogen (secondary N) is 1. The molecule has 1 aromatic rings. The average Bonchev–Trinajstić information content (AvgIpc) is 2.23. The van der Waals surface area contributed by atoms with Gasteiger partial charge in [0.15, 0.2) is 0 Å². The molecule has 1 N–H and O–H groups in total. The molecule has 0 radical (unpaired) electrons. The van der Waals surface area contributed by atoms with Crippen molar-refractivity contribution in [1.82, 2.24) is 10.3 Å². The Kier molecular flexibility index (Phi) is 5.40. The topological polar surface area (TPSA) is 24.9 Å². The van der Waals surface area contributed by atoms with Crippen LogP contribution < -0.4 is 5.32 Å². The van der Waals surface area contributed by atoms with E-state index in [4.69, 9.17) is 11.6 Å². The van der Waals surface area contributed by atoms with Crippen molar-refractivity contribution < 1.29 is 0 Å². The predicted octanol–water partition coefficient (Wildman–Crippen LogP) is 4.33. The predicted molar refractivity (Wildman–Crippen MR) is 83.7 cm³/mol. The van der Waals surface area contributed by atoms with E-state index in [-0.39, 0.29) is 11.0 Å². The van der Waals surface area contributed by atoms with Crippen LogP contribution in [-0.4, -0.2) is 17.1 Å². The van der Waals surface area contributed by atoms with Gasteiger partial charge in [-0.15, -0.1) is 0 Å². The first-order valence-corrected chi connectivity index (χ1v) is 7.31. The molecule has 1 unspecified atom stereocenters. The number of hydrogen-bond acceptors (Lipinski definition) is 2. The Balaban J connectivity index is 2.79. The molecule has 1 aromatic heterocycles. The molecule has 0 spiro atoms. The molecule has 0 aliphatic heterocycles. The molecule has 0 amide bonds. The van der Waals surface area contributed by atoms with E-state index < -0.39 is 0 Å². The Morgan fingerprint density at radius 1 is 1.21 bits per heavy atom. The van der Waals surface area contributed by atoms with Crippen LogP contribution >= 0.6 is 11.6 Å². The zero-order valence-corrected chi connectivity index (χ0v) is 13.8. The van der Waals surface area contributed by atoms with Crippen molar-refractivity contribution >= 4 is 11.6 Å². The van der Waals surface area contributed by atoms with Gasteiger partial charge < -0.3 is 5.32 Å². The zero-order valence-electron chi connectivity index (χ0n) is 13.0. The molecule has 1 rings (SSSR count). The Morgan fingerprint density at radius 3 is 2.32 bits per heavy atom. The summed E-state index contributed by atoms with van der Waals surface area (Å²) in [6.45, 7) is 14.5. The van der Waals surface area contributed by atoms with E-state index in [0.717, 1.165) is 18.0 Å². The van der Waals surface area contributed by atoms with Crippen LogP contribution in [0.1, 0.15) is 47.1 Å². The Bertz CT molecular complexity index is 402. The summed E-state index contributed by atoms with van der Waals surface area (Å²) in [5, 5.41) is 4.38. The van der Waals surface area contributed by atoms with E-state index in [1.165, 1.54) is 5.56 Å². The highest BCUT2D eigenvalue weighted by Gasteiger charge is 2.26. The lowest BCUT2D eigenvalue weighted by Crippen LogP contribution is -2.42. The third-order valence-corrected chi connectivity index (χ3v) is 3.77. The maximum atomic E-state index is 6.23. The first-order chi connectivity index (χ1) is 8.59. The first-order valence-electron chi connectivity index (χ1n) is 6.93. The summed E-state index contributed by atoms with van der Waals surface area (Å²) < 4.78 is 0. The van der Waals surface area contributed by atoms with Crippen LogP contribution in [0.4, 0.5) is 0 Å². The molecular weight excluding hydrogens is 256 g/mol. The van der Waals surface area contributed by atoms with E-state index >= 15 is 0 Å². The fourth-order valence-corrected chi connectivity index (χ4v) is 2.15. The molecule has 0 fully saturated rings. The van der Waals surface area contributed by atoms with Crippen molar-refractivity contribution in [3.05, 3.63) is 29.0 Å². The van der Waals surface area contributed by atoms with Crippen molar-refractivity contribution in [1.29, 1.82) is 0 Å². The van der Waals surface area contributed by atoms with E-state index in [2.05, 4.69) is 51.8 Å². The lowest BCUT2D eigenvalue weighted by Gasteiger charge is -2.34. The highest BCUT2D eigenvalue weighted by molar-refractivity contribution is 6.31. The van der Waals surface area contributed by atoms with Crippen LogP contribution in [0, 0.1) is 11.3 Å². The van der Waals surface area contributed by atoms with Gasteiger partial charge in [0, 0.05) is 17.9 Å². The van der Waals surface area contributed by atoms with Gasteiger partial charge in [-0.25, -0.2) is 0 Å². The maximum absolute atomic E-state index is 6.23. The molecule has 1 heterocycles. The van der Waals surface area contributed by atoms with Gasteiger partial charge in [-0.05, 0) is 56.7 Å². The highest BCUT2D eigenvalue weighted by Crippen LogP contribution is 2.30. The van der Waals surface area contributed by atoms with Gasteiger partial charge in [0.2, 0.25) is 0 Å². The van der Waals surface area contributed by atoms with Gasteiger partial charge in [0.1, 0.15) is 0 Å². The van der Waals surface area contributed by atoms with Crippen molar-refractivity contribution in [2.75, 3.05) is 6.54 Å².